The minimum absolute atomic E-state index is 0.571. The molecular weight excluding hydrogens is 334 g/mol. The van der Waals surface area contributed by atoms with Gasteiger partial charge in [0.15, 0.2) is 0 Å². The number of benzene rings is 1. The van der Waals surface area contributed by atoms with Crippen molar-refractivity contribution in [2.24, 2.45) is 0 Å². The lowest BCUT2D eigenvalue weighted by molar-refractivity contribution is -0.138. The third-order valence-corrected chi connectivity index (χ3v) is 5.20. The van der Waals surface area contributed by atoms with Crippen LogP contribution in [-0.4, -0.2) is 27.1 Å². The lowest BCUT2D eigenvalue weighted by Crippen LogP contribution is -2.29. The van der Waals surface area contributed by atoms with Crippen LogP contribution in [-0.2, 0) is 4.79 Å². The summed E-state index contributed by atoms with van der Waals surface area (Å²) in [7, 11) is 0. The molecule has 1 unspecified atom stereocenters. The molecule has 6 heteroatoms. The Morgan fingerprint density at radius 2 is 2.04 bits per heavy atom. The van der Waals surface area contributed by atoms with E-state index in [-0.39, 0.29) is 0 Å². The number of aliphatic carboxylic acids is 1. The van der Waals surface area contributed by atoms with E-state index in [0.717, 1.165) is 39.1 Å². The molecule has 0 saturated carbocycles. The Hall–Kier alpha value is -2.47. The molecule has 2 aromatic heterocycles. The molecule has 3 aromatic rings. The van der Waals surface area contributed by atoms with Crippen LogP contribution in [0, 0.1) is 6.92 Å². The molecule has 0 aliphatic heterocycles. The summed E-state index contributed by atoms with van der Waals surface area (Å²) in [5.74, 6) is -0.259. The van der Waals surface area contributed by atoms with Crippen LogP contribution in [0.4, 0.5) is 5.82 Å². The Balaban J connectivity index is 2.08. The standard InChI is InChI=1S/C19H21N3O2S/c1-3-4-10-14(19(23)24)22-17-16-15(13-8-6-5-7-9-13)12(2)25-18(16)21-11-20-17/h5-9,11,14H,3-4,10H2,1-2H3,(H,23,24)(H,20,21,22). The van der Waals surface area contributed by atoms with Gasteiger partial charge in [0, 0.05) is 10.4 Å². The zero-order chi connectivity index (χ0) is 17.8. The summed E-state index contributed by atoms with van der Waals surface area (Å²) in [4.78, 5) is 22.4. The number of unbranched alkanes of at least 4 members (excludes halogenated alkanes) is 1. The van der Waals surface area contributed by atoms with Gasteiger partial charge in [0.1, 0.15) is 23.0 Å². The number of anilines is 1. The zero-order valence-corrected chi connectivity index (χ0v) is 15.1. The maximum Gasteiger partial charge on any atom is 0.326 e. The lowest BCUT2D eigenvalue weighted by atomic mass is 10.0. The number of carboxylic acids is 1. The molecule has 3 rings (SSSR count). The van der Waals surface area contributed by atoms with Crippen LogP contribution >= 0.6 is 11.3 Å². The van der Waals surface area contributed by atoms with Gasteiger partial charge in [-0.05, 0) is 18.9 Å². The molecule has 1 atom stereocenters. The van der Waals surface area contributed by atoms with Crippen molar-refractivity contribution in [2.75, 3.05) is 5.32 Å². The van der Waals surface area contributed by atoms with Crippen molar-refractivity contribution in [2.45, 2.75) is 39.2 Å². The Bertz CT molecular complexity index is 877. The third-order valence-electron chi connectivity index (χ3n) is 4.18. The minimum Gasteiger partial charge on any atom is -0.480 e. The van der Waals surface area contributed by atoms with Gasteiger partial charge in [0.2, 0.25) is 0 Å². The van der Waals surface area contributed by atoms with Crippen LogP contribution in [0.25, 0.3) is 21.3 Å². The van der Waals surface area contributed by atoms with Crippen LogP contribution in [0.2, 0.25) is 0 Å². The number of nitrogens with zero attached hydrogens (tertiary/aromatic N) is 2. The van der Waals surface area contributed by atoms with E-state index in [2.05, 4.69) is 41.3 Å². The fourth-order valence-corrected chi connectivity index (χ4v) is 3.95. The van der Waals surface area contributed by atoms with E-state index in [9.17, 15) is 9.90 Å². The Kier molecular flexibility index (Phi) is 5.28. The first-order valence-electron chi connectivity index (χ1n) is 8.40. The monoisotopic (exact) mass is 355 g/mol. The number of aryl methyl sites for hydroxylation is 1. The summed E-state index contributed by atoms with van der Waals surface area (Å²) < 4.78 is 0. The highest BCUT2D eigenvalue weighted by atomic mass is 32.1. The first-order valence-corrected chi connectivity index (χ1v) is 9.22. The number of carbonyl (C=O) groups is 1. The number of carboxylic acid groups (broad SMARTS) is 1. The van der Waals surface area contributed by atoms with Gasteiger partial charge in [0.25, 0.3) is 0 Å². The van der Waals surface area contributed by atoms with Crippen molar-refractivity contribution in [1.82, 2.24) is 9.97 Å². The predicted octanol–water partition coefficient (Wildman–Crippen LogP) is 4.72. The van der Waals surface area contributed by atoms with Gasteiger partial charge >= 0.3 is 5.97 Å². The minimum atomic E-state index is -0.853. The normalized spacial score (nSPS) is 12.2. The first-order chi connectivity index (χ1) is 12.1. The zero-order valence-electron chi connectivity index (χ0n) is 14.3. The van der Waals surface area contributed by atoms with Crippen molar-refractivity contribution in [3.05, 3.63) is 41.5 Å². The second kappa shape index (κ2) is 7.61. The molecule has 2 N–H and O–H groups in total. The predicted molar refractivity (Wildman–Crippen MR) is 102 cm³/mol. The van der Waals surface area contributed by atoms with Crippen LogP contribution < -0.4 is 5.32 Å². The van der Waals surface area contributed by atoms with Gasteiger partial charge in [-0.15, -0.1) is 11.3 Å². The smallest absolute Gasteiger partial charge is 0.326 e. The lowest BCUT2D eigenvalue weighted by Gasteiger charge is -2.16. The Morgan fingerprint density at radius 3 is 2.72 bits per heavy atom. The van der Waals surface area contributed by atoms with E-state index in [1.807, 2.05) is 18.2 Å². The summed E-state index contributed by atoms with van der Waals surface area (Å²) in [5, 5.41) is 13.6. The van der Waals surface area contributed by atoms with E-state index in [1.54, 1.807) is 11.3 Å². The highest BCUT2D eigenvalue weighted by molar-refractivity contribution is 7.19. The number of aromatic nitrogens is 2. The number of hydrogen-bond donors (Lipinski definition) is 2. The van der Waals surface area contributed by atoms with Crippen molar-refractivity contribution < 1.29 is 9.90 Å². The quantitative estimate of drug-likeness (QED) is 0.641. The average Bonchev–Trinajstić information content (AvgIpc) is 2.95. The number of hydrogen-bond acceptors (Lipinski definition) is 5. The van der Waals surface area contributed by atoms with E-state index < -0.39 is 12.0 Å². The van der Waals surface area contributed by atoms with E-state index in [4.69, 9.17) is 0 Å². The second-order valence-electron chi connectivity index (χ2n) is 5.98. The third kappa shape index (κ3) is 3.64. The van der Waals surface area contributed by atoms with Crippen LogP contribution in [0.1, 0.15) is 31.1 Å². The Labute approximate surface area is 150 Å². The molecule has 0 saturated heterocycles. The summed E-state index contributed by atoms with van der Waals surface area (Å²) >= 11 is 1.60. The molecule has 0 aliphatic carbocycles. The van der Waals surface area contributed by atoms with E-state index >= 15 is 0 Å². The van der Waals surface area contributed by atoms with Crippen molar-refractivity contribution in [3.8, 4) is 11.1 Å². The van der Waals surface area contributed by atoms with Crippen molar-refractivity contribution >= 4 is 33.3 Å². The molecule has 0 radical (unpaired) electrons. The largest absolute Gasteiger partial charge is 0.480 e. The maximum atomic E-state index is 11.6. The van der Waals surface area contributed by atoms with Gasteiger partial charge in [-0.2, -0.15) is 0 Å². The van der Waals surface area contributed by atoms with Crippen molar-refractivity contribution in [3.63, 3.8) is 0 Å². The molecule has 0 fully saturated rings. The molecular formula is C19H21N3O2S. The number of thiophene rings is 1. The topological polar surface area (TPSA) is 75.1 Å². The SMILES string of the molecule is CCCCC(Nc1ncnc2sc(C)c(-c3ccccc3)c12)C(=O)O. The molecule has 5 nitrogen and oxygen atoms in total. The fraction of sp³-hybridized carbons (Fsp3) is 0.316. The van der Waals surface area contributed by atoms with Gasteiger partial charge in [-0.1, -0.05) is 50.1 Å². The number of fused-ring (bicyclic) bond motifs is 1. The maximum absolute atomic E-state index is 11.6. The molecule has 0 spiro atoms. The van der Waals surface area contributed by atoms with E-state index in [0.29, 0.717) is 12.2 Å². The van der Waals surface area contributed by atoms with Crippen LogP contribution in [0.15, 0.2) is 36.7 Å². The van der Waals surface area contributed by atoms with Crippen molar-refractivity contribution in [1.29, 1.82) is 0 Å². The van der Waals surface area contributed by atoms with Crippen LogP contribution in [0.3, 0.4) is 0 Å². The average molecular weight is 355 g/mol. The molecule has 2 heterocycles. The van der Waals surface area contributed by atoms with Gasteiger partial charge in [-0.25, -0.2) is 14.8 Å². The van der Waals surface area contributed by atoms with E-state index in [1.165, 1.54) is 6.33 Å². The highest BCUT2D eigenvalue weighted by Crippen LogP contribution is 2.40. The first kappa shape index (κ1) is 17.4. The summed E-state index contributed by atoms with van der Waals surface area (Å²) in [5.41, 5.74) is 2.16. The second-order valence-corrected chi connectivity index (χ2v) is 7.18. The highest BCUT2D eigenvalue weighted by Gasteiger charge is 2.21. The van der Waals surface area contributed by atoms with Gasteiger partial charge in [0.05, 0.1) is 5.39 Å². The molecule has 0 aliphatic rings. The fourth-order valence-electron chi connectivity index (χ4n) is 2.94. The molecule has 1 aromatic carbocycles. The summed E-state index contributed by atoms with van der Waals surface area (Å²) in [6.07, 6.45) is 3.87. The van der Waals surface area contributed by atoms with Gasteiger partial charge in [-0.3, -0.25) is 0 Å². The number of nitrogens with one attached hydrogen (secondary N) is 1. The molecule has 0 amide bonds. The van der Waals surface area contributed by atoms with Crippen LogP contribution in [0.5, 0.6) is 0 Å². The molecule has 0 bridgehead atoms. The summed E-state index contributed by atoms with van der Waals surface area (Å²) in [6, 6.07) is 9.43. The number of rotatable bonds is 7. The summed E-state index contributed by atoms with van der Waals surface area (Å²) in [6.45, 7) is 4.11. The Morgan fingerprint density at radius 1 is 1.28 bits per heavy atom. The molecule has 25 heavy (non-hydrogen) atoms. The molecule has 130 valence electrons. The van der Waals surface area contributed by atoms with Gasteiger partial charge < -0.3 is 10.4 Å².